The first kappa shape index (κ1) is 31.2. The molecule has 0 atom stereocenters. The molecule has 2 N–H and O–H groups in total. The van der Waals surface area contributed by atoms with Crippen molar-refractivity contribution in [1.82, 2.24) is 9.80 Å². The topological polar surface area (TPSA) is 98.8 Å². The van der Waals surface area contributed by atoms with E-state index in [-0.39, 0.29) is 47.3 Å². The summed E-state index contributed by atoms with van der Waals surface area (Å²) in [5.41, 5.74) is 1.44. The predicted molar refractivity (Wildman–Crippen MR) is 160 cm³/mol. The van der Waals surface area contributed by atoms with E-state index in [4.69, 9.17) is 0 Å². The lowest BCUT2D eigenvalue weighted by molar-refractivity contribution is -0.117. The van der Waals surface area contributed by atoms with Gasteiger partial charge in [0.15, 0.2) is 11.6 Å². The number of amides is 2. The van der Waals surface area contributed by atoms with Gasteiger partial charge in [-0.3, -0.25) is 19.2 Å². The van der Waals surface area contributed by atoms with Crippen LogP contribution in [0.5, 0.6) is 0 Å². The molecule has 0 bridgehead atoms. The molecular weight excluding hydrogens is 504 g/mol. The summed E-state index contributed by atoms with van der Waals surface area (Å²) in [4.78, 5) is 57.7. The van der Waals surface area contributed by atoms with Crippen molar-refractivity contribution in [3.05, 3.63) is 58.7 Å². The molecule has 0 aliphatic heterocycles. The molecule has 0 heterocycles. The molecule has 40 heavy (non-hydrogen) atoms. The summed E-state index contributed by atoms with van der Waals surface area (Å²) in [6, 6.07) is 9.90. The molecule has 0 radical (unpaired) electrons. The van der Waals surface area contributed by atoms with Crippen molar-refractivity contribution in [2.45, 2.75) is 66.2 Å². The first-order valence-electron chi connectivity index (χ1n) is 14.7. The predicted octanol–water partition coefficient (Wildman–Crippen LogP) is 5.36. The van der Waals surface area contributed by atoms with Crippen LogP contribution in [0.2, 0.25) is 0 Å². The maximum absolute atomic E-state index is 13.7. The quantitative estimate of drug-likeness (QED) is 0.250. The van der Waals surface area contributed by atoms with Crippen LogP contribution >= 0.6 is 0 Å². The first-order chi connectivity index (χ1) is 19.3. The van der Waals surface area contributed by atoms with E-state index >= 15 is 0 Å². The number of hydrogen-bond donors (Lipinski definition) is 2. The van der Waals surface area contributed by atoms with Crippen molar-refractivity contribution in [2.24, 2.45) is 0 Å². The Labute approximate surface area is 238 Å². The maximum atomic E-state index is 13.7. The van der Waals surface area contributed by atoms with Crippen molar-refractivity contribution >= 4 is 34.8 Å². The summed E-state index contributed by atoms with van der Waals surface area (Å²) in [5, 5.41) is 5.76. The average Bonchev–Trinajstić information content (AvgIpc) is 2.94. The Kier molecular flexibility index (Phi) is 12.0. The lowest BCUT2D eigenvalue weighted by Gasteiger charge is -2.24. The third kappa shape index (κ3) is 7.86. The molecule has 1 aliphatic carbocycles. The molecule has 0 fully saturated rings. The zero-order valence-electron chi connectivity index (χ0n) is 24.5. The molecule has 216 valence electrons. The molecule has 0 spiro atoms. The number of nitrogens with zero attached hydrogens (tertiary/aromatic N) is 2. The highest BCUT2D eigenvalue weighted by atomic mass is 16.2. The van der Waals surface area contributed by atoms with Gasteiger partial charge in [-0.05, 0) is 64.0 Å². The van der Waals surface area contributed by atoms with E-state index in [1.54, 1.807) is 36.4 Å². The highest BCUT2D eigenvalue weighted by molar-refractivity contribution is 6.32. The molecule has 2 aromatic rings. The molecule has 0 unspecified atom stereocenters. The summed E-state index contributed by atoms with van der Waals surface area (Å²) in [6.07, 6.45) is 4.58. The van der Waals surface area contributed by atoms with E-state index < -0.39 is 0 Å². The summed E-state index contributed by atoms with van der Waals surface area (Å²) >= 11 is 0. The van der Waals surface area contributed by atoms with Gasteiger partial charge in [0.1, 0.15) is 0 Å². The van der Waals surface area contributed by atoms with Gasteiger partial charge in [0.25, 0.3) is 0 Å². The molecule has 2 aromatic carbocycles. The van der Waals surface area contributed by atoms with Gasteiger partial charge in [-0.1, -0.05) is 52.0 Å². The summed E-state index contributed by atoms with van der Waals surface area (Å²) in [6.45, 7) is 13.4. The average molecular weight is 549 g/mol. The fourth-order valence-corrected chi connectivity index (χ4v) is 5.31. The van der Waals surface area contributed by atoms with Crippen molar-refractivity contribution < 1.29 is 19.2 Å². The highest BCUT2D eigenvalue weighted by Gasteiger charge is 2.34. The number of nitrogens with one attached hydrogen (secondary N) is 2. The Bertz CT molecular complexity index is 1110. The number of rotatable bonds is 16. The van der Waals surface area contributed by atoms with Gasteiger partial charge in [-0.25, -0.2) is 0 Å². The van der Waals surface area contributed by atoms with Crippen LogP contribution in [0.25, 0.3) is 0 Å². The zero-order valence-corrected chi connectivity index (χ0v) is 24.5. The van der Waals surface area contributed by atoms with Gasteiger partial charge >= 0.3 is 0 Å². The first-order valence-corrected chi connectivity index (χ1v) is 14.7. The Hall–Kier alpha value is -3.36. The van der Waals surface area contributed by atoms with E-state index in [9.17, 15) is 19.2 Å². The van der Waals surface area contributed by atoms with Crippen LogP contribution in [-0.2, 0) is 9.59 Å². The van der Waals surface area contributed by atoms with Gasteiger partial charge in [-0.2, -0.15) is 0 Å². The second-order valence-corrected chi connectivity index (χ2v) is 10.4. The van der Waals surface area contributed by atoms with Crippen LogP contribution < -0.4 is 10.6 Å². The normalized spacial score (nSPS) is 12.4. The SMILES string of the molecule is CCCN(CCC)CCC(=O)Nc1ccc(NC(=O)CCN(CCC)CCC)c2c1C(=O)c1ccccc1C2=O. The smallest absolute Gasteiger partial charge is 0.225 e. The Morgan fingerprint density at radius 3 is 1.25 bits per heavy atom. The lowest BCUT2D eigenvalue weighted by Crippen LogP contribution is -2.31. The van der Waals surface area contributed by atoms with E-state index in [2.05, 4.69) is 48.1 Å². The third-order valence-electron chi connectivity index (χ3n) is 7.09. The largest absolute Gasteiger partial charge is 0.325 e. The van der Waals surface area contributed by atoms with Crippen molar-refractivity contribution in [3.8, 4) is 0 Å². The number of carbonyl (C=O) groups is 4. The van der Waals surface area contributed by atoms with Crippen LogP contribution in [0.1, 0.15) is 98.1 Å². The summed E-state index contributed by atoms with van der Waals surface area (Å²) in [7, 11) is 0. The fourth-order valence-electron chi connectivity index (χ4n) is 5.31. The minimum atomic E-state index is -0.341. The van der Waals surface area contributed by atoms with E-state index in [0.717, 1.165) is 51.9 Å². The number of benzene rings is 2. The third-order valence-corrected chi connectivity index (χ3v) is 7.09. The van der Waals surface area contributed by atoms with Crippen LogP contribution in [0.15, 0.2) is 36.4 Å². The van der Waals surface area contributed by atoms with Crippen LogP contribution in [0.4, 0.5) is 11.4 Å². The van der Waals surface area contributed by atoms with Gasteiger partial charge in [0, 0.05) is 37.1 Å². The van der Waals surface area contributed by atoms with Gasteiger partial charge in [0.2, 0.25) is 11.8 Å². The molecule has 8 nitrogen and oxygen atoms in total. The maximum Gasteiger partial charge on any atom is 0.225 e. The number of ketones is 2. The standard InChI is InChI=1S/C32H44N4O4/c1-5-17-35(18-6-2)21-15-27(37)33-25-13-14-26(34-28(38)16-22-36(19-7-3)20-8-4)30-29(25)31(39)23-11-9-10-12-24(23)32(30)40/h9-14H,5-8,15-22H2,1-4H3,(H,33,37)(H,34,38). The molecule has 1 aliphatic rings. The fraction of sp³-hybridized carbons (Fsp3) is 0.500. The summed E-state index contributed by atoms with van der Waals surface area (Å²) in [5.74, 6) is -1.12. The Morgan fingerprint density at radius 1 is 0.575 bits per heavy atom. The lowest BCUT2D eigenvalue weighted by atomic mass is 9.82. The monoisotopic (exact) mass is 548 g/mol. The molecule has 2 amide bonds. The summed E-state index contributed by atoms with van der Waals surface area (Å²) < 4.78 is 0. The number of hydrogen-bond acceptors (Lipinski definition) is 6. The van der Waals surface area contributed by atoms with Gasteiger partial charge < -0.3 is 20.4 Å². The molecule has 0 aromatic heterocycles. The molecule has 0 saturated heterocycles. The van der Waals surface area contributed by atoms with Crippen molar-refractivity contribution in [1.29, 1.82) is 0 Å². The Morgan fingerprint density at radius 2 is 0.925 bits per heavy atom. The molecular formula is C32H44N4O4. The minimum absolute atomic E-state index is 0.132. The van der Waals surface area contributed by atoms with Gasteiger partial charge in [0.05, 0.1) is 22.5 Å². The second-order valence-electron chi connectivity index (χ2n) is 10.4. The zero-order chi connectivity index (χ0) is 29.1. The number of fused-ring (bicyclic) bond motifs is 2. The highest BCUT2D eigenvalue weighted by Crippen LogP contribution is 2.36. The van der Waals surface area contributed by atoms with E-state index in [1.807, 2.05) is 0 Å². The van der Waals surface area contributed by atoms with E-state index in [0.29, 0.717) is 35.6 Å². The number of carbonyl (C=O) groups excluding carboxylic acids is 4. The van der Waals surface area contributed by atoms with Crippen LogP contribution in [0.3, 0.4) is 0 Å². The molecule has 0 saturated carbocycles. The Balaban J connectivity index is 1.86. The number of anilines is 2. The van der Waals surface area contributed by atoms with Gasteiger partial charge in [-0.15, -0.1) is 0 Å². The van der Waals surface area contributed by atoms with E-state index in [1.165, 1.54) is 0 Å². The minimum Gasteiger partial charge on any atom is -0.325 e. The molecule has 8 heteroatoms. The van der Waals surface area contributed by atoms with Crippen molar-refractivity contribution in [2.75, 3.05) is 49.9 Å². The second kappa shape index (κ2) is 15.4. The van der Waals surface area contributed by atoms with Crippen LogP contribution in [-0.4, -0.2) is 72.4 Å². The molecule has 3 rings (SSSR count). The van der Waals surface area contributed by atoms with Crippen molar-refractivity contribution in [3.63, 3.8) is 0 Å². The van der Waals surface area contributed by atoms with Crippen LogP contribution in [0, 0.1) is 0 Å².